The number of Topliss-reactive ketones (excluding diaryl/α,β-unsaturated/α-hetero) is 1. The summed E-state index contributed by atoms with van der Waals surface area (Å²) in [5.41, 5.74) is -0.0457. The van der Waals surface area contributed by atoms with E-state index in [9.17, 15) is 15.0 Å². The minimum Gasteiger partial charge on any atom is -0.381 e. The summed E-state index contributed by atoms with van der Waals surface area (Å²) in [7, 11) is 0. The van der Waals surface area contributed by atoms with Gasteiger partial charge in [-0.05, 0) is 103 Å². The minimum atomic E-state index is -1.62. The van der Waals surface area contributed by atoms with Gasteiger partial charge in [0.1, 0.15) is 11.2 Å². The molecule has 0 aromatic rings. The molecule has 0 radical (unpaired) electrons. The Hall–Kier alpha value is -1.26. The Bertz CT molecular complexity index is 1380. The second-order valence-electron chi connectivity index (χ2n) is 19.3. The highest BCUT2D eigenvalue weighted by atomic mass is 16.3. The van der Waals surface area contributed by atoms with E-state index >= 15 is 4.79 Å². The monoisotopic (exact) mass is 604 g/mol. The van der Waals surface area contributed by atoms with Crippen LogP contribution in [0.3, 0.4) is 0 Å². The molecule has 0 aromatic heterocycles. The maximum atomic E-state index is 15.5. The second-order valence-corrected chi connectivity index (χ2v) is 19.3. The summed E-state index contributed by atoms with van der Waals surface area (Å²) < 4.78 is 0. The summed E-state index contributed by atoms with van der Waals surface area (Å²) >= 11 is 0. The van der Waals surface area contributed by atoms with Crippen molar-refractivity contribution in [3.05, 3.63) is 22.8 Å². The van der Waals surface area contributed by atoms with Gasteiger partial charge in [0, 0.05) is 17.3 Å². The van der Waals surface area contributed by atoms with E-state index in [0.717, 1.165) is 51.4 Å². The lowest BCUT2D eigenvalue weighted by Gasteiger charge is -2.75. The second kappa shape index (κ2) is 9.00. The predicted octanol–water partition coefficient (Wildman–Crippen LogP) is 8.25. The van der Waals surface area contributed by atoms with Gasteiger partial charge in [0.25, 0.3) is 0 Å². The van der Waals surface area contributed by atoms with Gasteiger partial charge in [-0.15, -0.1) is 0 Å². The van der Waals surface area contributed by atoms with Gasteiger partial charge in [0.2, 0.25) is 0 Å². The zero-order valence-electron chi connectivity index (χ0n) is 29.4. The molecule has 1 spiro atoms. The number of fused-ring (bicyclic) bond motifs is 4. The van der Waals surface area contributed by atoms with E-state index in [1.54, 1.807) is 0 Å². The first-order valence-electron chi connectivity index (χ1n) is 18.3. The maximum Gasteiger partial charge on any atom is 0.187 e. The van der Waals surface area contributed by atoms with Crippen molar-refractivity contribution in [2.45, 2.75) is 145 Å². The van der Waals surface area contributed by atoms with Gasteiger partial charge in [0.15, 0.2) is 11.6 Å². The number of ketones is 2. The van der Waals surface area contributed by atoms with Gasteiger partial charge < -0.3 is 10.2 Å². The minimum absolute atomic E-state index is 0.00114. The van der Waals surface area contributed by atoms with Crippen molar-refractivity contribution in [1.82, 2.24) is 0 Å². The highest BCUT2D eigenvalue weighted by Gasteiger charge is 2.81. The SMILES string of the molecule is CC(C)[C@]1(O)C(=O)[C@@H]2C3=C(CCC4C(C)(C)CCC[C@]34C)[C@H]1[C@H]1[C@]23CCC2C(C)(C)CCC[C@]2(C)C3=CC(=O)[C@]1(O)C(C)C. The molecule has 8 aliphatic rings. The van der Waals surface area contributed by atoms with E-state index < -0.39 is 34.4 Å². The van der Waals surface area contributed by atoms with Gasteiger partial charge in [0.05, 0.1) is 5.92 Å². The molecule has 0 saturated heterocycles. The van der Waals surface area contributed by atoms with Crippen LogP contribution in [0.5, 0.6) is 0 Å². The fraction of sp³-hybridized carbons (Fsp3) is 0.850. The third-order valence-corrected chi connectivity index (χ3v) is 16.2. The van der Waals surface area contributed by atoms with Gasteiger partial charge in [-0.3, -0.25) is 9.59 Å². The molecule has 10 atom stereocenters. The van der Waals surface area contributed by atoms with Crippen molar-refractivity contribution in [2.24, 2.45) is 68.5 Å². The van der Waals surface area contributed by atoms with E-state index in [2.05, 4.69) is 41.5 Å². The number of carbonyl (C=O) groups is 2. The summed E-state index contributed by atoms with van der Waals surface area (Å²) in [5, 5.41) is 25.9. The van der Waals surface area contributed by atoms with E-state index in [-0.39, 0.29) is 45.1 Å². The molecule has 4 fully saturated rings. The summed E-state index contributed by atoms with van der Waals surface area (Å²) in [5.74, 6) is -1.39. The summed E-state index contributed by atoms with van der Waals surface area (Å²) in [6.07, 6.45) is 12.4. The number of aliphatic hydroxyl groups is 2. The summed E-state index contributed by atoms with van der Waals surface area (Å²) in [6.45, 7) is 22.5. The fourth-order valence-corrected chi connectivity index (χ4v) is 14.5. The van der Waals surface area contributed by atoms with Crippen molar-refractivity contribution >= 4 is 11.6 Å². The van der Waals surface area contributed by atoms with Crippen LogP contribution >= 0.6 is 0 Å². The normalized spacial score (nSPS) is 50.5. The number of allylic oxidation sites excluding steroid dienone is 2. The van der Waals surface area contributed by atoms with E-state index in [1.165, 1.54) is 29.6 Å². The molecule has 4 heteroatoms. The van der Waals surface area contributed by atoms with Crippen molar-refractivity contribution < 1.29 is 19.8 Å². The van der Waals surface area contributed by atoms with Gasteiger partial charge in [-0.1, -0.05) is 98.8 Å². The van der Waals surface area contributed by atoms with Crippen LogP contribution in [-0.2, 0) is 9.59 Å². The lowest BCUT2D eigenvalue weighted by molar-refractivity contribution is -0.232. The van der Waals surface area contributed by atoms with Crippen LogP contribution in [0.4, 0.5) is 0 Å². The quantitative estimate of drug-likeness (QED) is 0.311. The molecule has 0 aliphatic heterocycles. The lowest BCUT2D eigenvalue weighted by Crippen LogP contribution is -2.79. The Kier molecular flexibility index (Phi) is 6.41. The van der Waals surface area contributed by atoms with E-state index in [0.29, 0.717) is 11.8 Å². The molecule has 8 rings (SSSR count). The van der Waals surface area contributed by atoms with Crippen LogP contribution < -0.4 is 0 Å². The largest absolute Gasteiger partial charge is 0.381 e. The Labute approximate surface area is 266 Å². The van der Waals surface area contributed by atoms with Crippen molar-refractivity contribution in [3.8, 4) is 0 Å². The van der Waals surface area contributed by atoms with Crippen LogP contribution in [0.2, 0.25) is 0 Å². The molecule has 244 valence electrons. The maximum absolute atomic E-state index is 15.5. The zero-order valence-corrected chi connectivity index (χ0v) is 29.4. The highest BCUT2D eigenvalue weighted by Crippen LogP contribution is 2.80. The first-order valence-corrected chi connectivity index (χ1v) is 18.3. The molecular formula is C40H60O4. The predicted molar refractivity (Wildman–Crippen MR) is 175 cm³/mol. The van der Waals surface area contributed by atoms with E-state index in [4.69, 9.17) is 0 Å². The van der Waals surface area contributed by atoms with Gasteiger partial charge in [-0.25, -0.2) is 0 Å². The molecule has 0 heterocycles. The first kappa shape index (κ1) is 31.3. The van der Waals surface area contributed by atoms with Crippen LogP contribution in [0, 0.1) is 68.5 Å². The van der Waals surface area contributed by atoms with Crippen molar-refractivity contribution in [3.63, 3.8) is 0 Å². The highest BCUT2D eigenvalue weighted by molar-refractivity contribution is 6.04. The van der Waals surface area contributed by atoms with Crippen LogP contribution in [0.15, 0.2) is 22.8 Å². The van der Waals surface area contributed by atoms with Gasteiger partial charge in [-0.2, -0.15) is 0 Å². The molecule has 2 N–H and O–H groups in total. The third-order valence-electron chi connectivity index (χ3n) is 16.2. The molecular weight excluding hydrogens is 544 g/mol. The van der Waals surface area contributed by atoms with Crippen molar-refractivity contribution in [1.29, 1.82) is 0 Å². The van der Waals surface area contributed by atoms with E-state index in [1.807, 2.05) is 33.8 Å². The van der Waals surface area contributed by atoms with Crippen LogP contribution in [-0.4, -0.2) is 33.0 Å². The third kappa shape index (κ3) is 3.29. The number of hydrogen-bond donors (Lipinski definition) is 2. The number of carbonyl (C=O) groups excluding carboxylic acids is 2. The molecule has 0 amide bonds. The fourth-order valence-electron chi connectivity index (χ4n) is 14.5. The summed E-state index contributed by atoms with van der Waals surface area (Å²) in [4.78, 5) is 30.1. The average molecular weight is 605 g/mol. The molecule has 0 aromatic carbocycles. The first-order chi connectivity index (χ1) is 20.3. The molecule has 2 unspecified atom stereocenters. The number of rotatable bonds is 2. The molecule has 4 nitrogen and oxygen atoms in total. The number of hydrogen-bond acceptors (Lipinski definition) is 4. The lowest BCUT2D eigenvalue weighted by atomic mass is 9.28. The molecule has 2 bridgehead atoms. The van der Waals surface area contributed by atoms with Crippen molar-refractivity contribution in [2.75, 3.05) is 0 Å². The average Bonchev–Trinajstić information content (AvgIpc) is 2.91. The molecule has 4 saturated carbocycles. The van der Waals surface area contributed by atoms with Crippen LogP contribution in [0.25, 0.3) is 0 Å². The smallest absolute Gasteiger partial charge is 0.187 e. The van der Waals surface area contributed by atoms with Gasteiger partial charge >= 0.3 is 0 Å². The Morgan fingerprint density at radius 1 is 0.727 bits per heavy atom. The van der Waals surface area contributed by atoms with Crippen LogP contribution in [0.1, 0.15) is 133 Å². The Morgan fingerprint density at radius 3 is 1.84 bits per heavy atom. The Morgan fingerprint density at radius 2 is 1.27 bits per heavy atom. The standard InChI is InChI=1S/C40H60O4/c1-22(2)39(43)28(41)21-27-36(9)18-11-16-35(7,8)26(36)15-20-38(27)31-29-24(30(32(38)39)40(44,23(3)4)33(31)42)13-14-25-34(5,6)17-12-19-37(25,29)10/h21-23,25-26,30-32,43-44H,11-20H2,1-10H3/t25?,26?,30-,31-,32-,36-,37-,38-,39+,40+/m0/s1. The Balaban J connectivity index is 1.58. The zero-order chi connectivity index (χ0) is 32.2. The molecule has 8 aliphatic carbocycles. The summed E-state index contributed by atoms with van der Waals surface area (Å²) in [6, 6.07) is 0. The molecule has 44 heavy (non-hydrogen) atoms. The topological polar surface area (TPSA) is 74.6 Å².